The van der Waals surface area contributed by atoms with Crippen molar-refractivity contribution in [2.75, 3.05) is 5.73 Å². The van der Waals surface area contributed by atoms with Crippen molar-refractivity contribution in [3.63, 3.8) is 0 Å². The number of hydrogen-bond donors (Lipinski definition) is 2. The van der Waals surface area contributed by atoms with Gasteiger partial charge in [0, 0.05) is 5.39 Å². The Morgan fingerprint density at radius 2 is 1.84 bits per heavy atom. The van der Waals surface area contributed by atoms with Crippen LogP contribution < -0.4 is 5.73 Å². The molecule has 1 heterocycles. The van der Waals surface area contributed by atoms with Gasteiger partial charge < -0.3 is 10.8 Å². The van der Waals surface area contributed by atoms with E-state index in [0.29, 0.717) is 17.2 Å². The summed E-state index contributed by atoms with van der Waals surface area (Å²) >= 11 is 0. The number of aryl methyl sites for hydroxylation is 1. The van der Waals surface area contributed by atoms with Crippen LogP contribution in [-0.2, 0) is 0 Å². The molecule has 0 saturated heterocycles. The zero-order valence-electron chi connectivity index (χ0n) is 10.5. The van der Waals surface area contributed by atoms with E-state index in [9.17, 15) is 5.11 Å². The van der Waals surface area contributed by atoms with Crippen LogP contribution in [0.1, 0.15) is 5.56 Å². The van der Waals surface area contributed by atoms with Gasteiger partial charge in [0.25, 0.3) is 0 Å². The molecule has 1 aromatic heterocycles. The lowest BCUT2D eigenvalue weighted by Crippen LogP contribution is -1.98. The normalized spacial score (nSPS) is 10.8. The molecule has 4 nitrogen and oxygen atoms in total. The average molecular weight is 251 g/mol. The van der Waals surface area contributed by atoms with Gasteiger partial charge in [-0.05, 0) is 36.8 Å². The summed E-state index contributed by atoms with van der Waals surface area (Å²) < 4.78 is 0. The van der Waals surface area contributed by atoms with Crippen molar-refractivity contribution >= 4 is 16.7 Å². The van der Waals surface area contributed by atoms with E-state index in [1.54, 1.807) is 18.2 Å². The number of rotatable bonds is 1. The van der Waals surface area contributed by atoms with Crippen molar-refractivity contribution < 1.29 is 5.11 Å². The second kappa shape index (κ2) is 4.24. The van der Waals surface area contributed by atoms with E-state index in [1.165, 1.54) is 0 Å². The number of para-hydroxylation sites is 1. The summed E-state index contributed by atoms with van der Waals surface area (Å²) in [5.41, 5.74) is 8.43. The molecule has 0 saturated carbocycles. The van der Waals surface area contributed by atoms with Crippen LogP contribution in [0.2, 0.25) is 0 Å². The van der Waals surface area contributed by atoms with Crippen molar-refractivity contribution in [2.24, 2.45) is 0 Å². The van der Waals surface area contributed by atoms with Gasteiger partial charge in [0.05, 0.1) is 11.1 Å². The highest BCUT2D eigenvalue weighted by Gasteiger charge is 2.10. The lowest BCUT2D eigenvalue weighted by atomic mass is 10.1. The predicted molar refractivity (Wildman–Crippen MR) is 75.8 cm³/mol. The molecule has 0 spiro atoms. The van der Waals surface area contributed by atoms with Gasteiger partial charge in [-0.15, -0.1) is 0 Å². The zero-order chi connectivity index (χ0) is 13.4. The van der Waals surface area contributed by atoms with E-state index in [2.05, 4.69) is 9.97 Å². The van der Waals surface area contributed by atoms with Gasteiger partial charge in [0.15, 0.2) is 5.82 Å². The Labute approximate surface area is 110 Å². The number of anilines is 1. The first-order valence-corrected chi connectivity index (χ1v) is 5.97. The molecule has 0 aliphatic carbocycles. The van der Waals surface area contributed by atoms with Crippen molar-refractivity contribution in [1.29, 1.82) is 0 Å². The van der Waals surface area contributed by atoms with Gasteiger partial charge in [-0.3, -0.25) is 0 Å². The molecule has 0 unspecified atom stereocenters. The first kappa shape index (κ1) is 11.5. The van der Waals surface area contributed by atoms with Crippen molar-refractivity contribution in [3.05, 3.63) is 48.0 Å². The minimum Gasteiger partial charge on any atom is -0.507 e. The lowest BCUT2D eigenvalue weighted by Gasteiger charge is -2.07. The van der Waals surface area contributed by atoms with E-state index in [-0.39, 0.29) is 5.75 Å². The van der Waals surface area contributed by atoms with Crippen LogP contribution in [0.15, 0.2) is 42.5 Å². The van der Waals surface area contributed by atoms with Crippen molar-refractivity contribution in [3.8, 4) is 17.1 Å². The molecule has 0 bridgehead atoms. The quantitative estimate of drug-likeness (QED) is 0.697. The summed E-state index contributed by atoms with van der Waals surface area (Å²) in [7, 11) is 0. The Bertz CT molecular complexity index is 768. The van der Waals surface area contributed by atoms with Gasteiger partial charge in [0.1, 0.15) is 11.6 Å². The Morgan fingerprint density at radius 1 is 1.05 bits per heavy atom. The summed E-state index contributed by atoms with van der Waals surface area (Å²) in [6.45, 7) is 2.00. The molecule has 0 atom stereocenters. The maximum Gasteiger partial charge on any atom is 0.165 e. The summed E-state index contributed by atoms with van der Waals surface area (Å²) in [5, 5.41) is 10.7. The second-order valence-corrected chi connectivity index (χ2v) is 4.47. The molecule has 0 fully saturated rings. The number of nitrogen functional groups attached to an aromatic ring is 1. The fraction of sp³-hybridized carbons (Fsp3) is 0.0667. The van der Waals surface area contributed by atoms with Gasteiger partial charge in [-0.1, -0.05) is 18.2 Å². The first-order chi connectivity index (χ1) is 9.15. The molecule has 4 heteroatoms. The molecule has 19 heavy (non-hydrogen) atoms. The molecule has 0 radical (unpaired) electrons. The highest BCUT2D eigenvalue weighted by molar-refractivity contribution is 5.90. The van der Waals surface area contributed by atoms with Crippen molar-refractivity contribution in [1.82, 2.24) is 9.97 Å². The summed E-state index contributed by atoms with van der Waals surface area (Å²) in [6.07, 6.45) is 0. The molecule has 3 N–H and O–H groups in total. The summed E-state index contributed by atoms with van der Waals surface area (Å²) in [4.78, 5) is 8.75. The fourth-order valence-electron chi connectivity index (χ4n) is 2.05. The summed E-state index contributed by atoms with van der Waals surface area (Å²) in [5.74, 6) is 1.01. The third-order valence-corrected chi connectivity index (χ3v) is 3.03. The van der Waals surface area contributed by atoms with Crippen LogP contribution in [0.4, 0.5) is 5.82 Å². The second-order valence-electron chi connectivity index (χ2n) is 4.47. The van der Waals surface area contributed by atoms with Crippen LogP contribution in [0.5, 0.6) is 5.75 Å². The largest absolute Gasteiger partial charge is 0.507 e. The number of hydrogen-bond acceptors (Lipinski definition) is 4. The first-order valence-electron chi connectivity index (χ1n) is 5.97. The number of nitrogens with zero attached hydrogens (tertiary/aromatic N) is 2. The minimum atomic E-state index is 0.147. The highest BCUT2D eigenvalue weighted by Crippen LogP contribution is 2.29. The minimum absolute atomic E-state index is 0.147. The number of phenolic OH excluding ortho intramolecular Hbond substituents is 1. The third kappa shape index (κ3) is 1.97. The SMILES string of the molecule is Cc1ccc2c(N)nc(-c3ccccc3O)nc2c1. The number of phenols is 1. The zero-order valence-corrected chi connectivity index (χ0v) is 10.5. The number of nitrogens with two attached hydrogens (primary N) is 1. The van der Waals surface area contributed by atoms with Gasteiger partial charge in [0.2, 0.25) is 0 Å². The molecular weight excluding hydrogens is 238 g/mol. The molecular formula is C15H13N3O. The highest BCUT2D eigenvalue weighted by atomic mass is 16.3. The van der Waals surface area contributed by atoms with Crippen molar-refractivity contribution in [2.45, 2.75) is 6.92 Å². The number of aromatic nitrogens is 2. The molecule has 0 amide bonds. The summed E-state index contributed by atoms with van der Waals surface area (Å²) in [6, 6.07) is 12.8. The molecule has 0 aliphatic rings. The van der Waals surface area contributed by atoms with E-state index < -0.39 is 0 Å². The Hall–Kier alpha value is -2.62. The molecule has 2 aromatic carbocycles. The molecule has 0 aliphatic heterocycles. The van der Waals surface area contributed by atoms with Gasteiger partial charge in [-0.2, -0.15) is 0 Å². The monoisotopic (exact) mass is 251 g/mol. The standard InChI is InChI=1S/C15H13N3O/c1-9-6-7-10-12(8-9)17-15(18-14(10)16)11-4-2-3-5-13(11)19/h2-8,19H,1H3,(H2,16,17,18). The van der Waals surface area contributed by atoms with Crippen LogP contribution >= 0.6 is 0 Å². The van der Waals surface area contributed by atoms with E-state index in [0.717, 1.165) is 16.5 Å². The maximum absolute atomic E-state index is 9.86. The van der Waals surface area contributed by atoms with Gasteiger partial charge >= 0.3 is 0 Å². The smallest absolute Gasteiger partial charge is 0.165 e. The van der Waals surface area contributed by atoms with E-state index in [1.807, 2.05) is 31.2 Å². The maximum atomic E-state index is 9.86. The van der Waals surface area contributed by atoms with E-state index >= 15 is 0 Å². The van der Waals surface area contributed by atoms with Crippen LogP contribution in [0.25, 0.3) is 22.3 Å². The molecule has 3 aromatic rings. The molecule has 94 valence electrons. The fourth-order valence-corrected chi connectivity index (χ4v) is 2.05. The third-order valence-electron chi connectivity index (χ3n) is 3.03. The van der Waals surface area contributed by atoms with E-state index in [4.69, 9.17) is 5.73 Å². The lowest BCUT2D eigenvalue weighted by molar-refractivity contribution is 0.477. The topological polar surface area (TPSA) is 72.0 Å². The van der Waals surface area contributed by atoms with Crippen LogP contribution in [0, 0.1) is 6.92 Å². The predicted octanol–water partition coefficient (Wildman–Crippen LogP) is 2.89. The Balaban J connectivity index is 2.29. The Kier molecular flexibility index (Phi) is 2.56. The van der Waals surface area contributed by atoms with Crippen LogP contribution in [0.3, 0.4) is 0 Å². The van der Waals surface area contributed by atoms with Gasteiger partial charge in [-0.25, -0.2) is 9.97 Å². The average Bonchev–Trinajstić information content (AvgIpc) is 2.38. The number of fused-ring (bicyclic) bond motifs is 1. The molecule has 3 rings (SSSR count). The number of aromatic hydroxyl groups is 1. The Morgan fingerprint density at radius 3 is 2.63 bits per heavy atom. The van der Waals surface area contributed by atoms with Crippen LogP contribution in [-0.4, -0.2) is 15.1 Å². The number of benzene rings is 2.